The summed E-state index contributed by atoms with van der Waals surface area (Å²) in [6, 6.07) is 23.2. The zero-order chi connectivity index (χ0) is 24.4. The van der Waals surface area contributed by atoms with Gasteiger partial charge in [0, 0.05) is 28.2 Å². The smallest absolute Gasteiger partial charge is 0.261 e. The summed E-state index contributed by atoms with van der Waals surface area (Å²) in [5.41, 5.74) is 4.69. The number of nitrogens with zero attached hydrogens (tertiary/aromatic N) is 2. The molecule has 1 amide bonds. The van der Waals surface area contributed by atoms with E-state index in [0.29, 0.717) is 33.6 Å². The highest BCUT2D eigenvalue weighted by Crippen LogP contribution is 2.25. The van der Waals surface area contributed by atoms with Gasteiger partial charge >= 0.3 is 0 Å². The van der Waals surface area contributed by atoms with E-state index in [4.69, 9.17) is 9.41 Å². The molecule has 0 aliphatic heterocycles. The zero-order valence-electron chi connectivity index (χ0n) is 19.6. The number of hydrogen-bond donors (Lipinski definition) is 2. The topological polar surface area (TPSA) is 87.7 Å². The lowest BCUT2D eigenvalue weighted by Gasteiger charge is -2.11. The SMILES string of the molecule is CCc1cccc(N=c2oc3c(C)ncc(CO)c3cc2C(=O)Nc2cccc3ccccc23)c1. The highest BCUT2D eigenvalue weighted by molar-refractivity contribution is 6.10. The minimum Gasteiger partial charge on any atom is -0.436 e. The van der Waals surface area contributed by atoms with Crippen molar-refractivity contribution in [3.8, 4) is 0 Å². The minimum atomic E-state index is -0.351. The van der Waals surface area contributed by atoms with E-state index in [2.05, 4.69) is 17.2 Å². The summed E-state index contributed by atoms with van der Waals surface area (Å²) in [6.45, 7) is 3.68. The lowest BCUT2D eigenvalue weighted by molar-refractivity contribution is 0.102. The van der Waals surface area contributed by atoms with Crippen molar-refractivity contribution in [3.63, 3.8) is 0 Å². The number of rotatable bonds is 5. The molecule has 0 saturated carbocycles. The molecular weight excluding hydrogens is 438 g/mol. The molecule has 0 fully saturated rings. The molecule has 0 bridgehead atoms. The van der Waals surface area contributed by atoms with Crippen molar-refractivity contribution >= 4 is 39.0 Å². The third-order valence-corrected chi connectivity index (χ3v) is 6.05. The molecule has 3 aromatic carbocycles. The van der Waals surface area contributed by atoms with Crippen molar-refractivity contribution in [2.24, 2.45) is 4.99 Å². The summed E-state index contributed by atoms with van der Waals surface area (Å²) < 4.78 is 6.19. The van der Waals surface area contributed by atoms with Crippen LogP contribution in [0.2, 0.25) is 0 Å². The van der Waals surface area contributed by atoms with E-state index in [9.17, 15) is 9.90 Å². The van der Waals surface area contributed by atoms with Crippen molar-refractivity contribution in [1.29, 1.82) is 0 Å². The lowest BCUT2D eigenvalue weighted by Crippen LogP contribution is -2.22. The average Bonchev–Trinajstić information content (AvgIpc) is 2.89. The van der Waals surface area contributed by atoms with E-state index in [1.54, 1.807) is 12.3 Å². The van der Waals surface area contributed by atoms with Gasteiger partial charge in [-0.1, -0.05) is 55.5 Å². The maximum Gasteiger partial charge on any atom is 0.261 e. The van der Waals surface area contributed by atoms with Gasteiger partial charge < -0.3 is 14.8 Å². The second-order valence-electron chi connectivity index (χ2n) is 8.35. The van der Waals surface area contributed by atoms with Gasteiger partial charge in [-0.15, -0.1) is 0 Å². The van der Waals surface area contributed by atoms with Crippen LogP contribution in [0.1, 0.15) is 34.1 Å². The molecule has 6 heteroatoms. The Kier molecular flexibility index (Phi) is 6.12. The van der Waals surface area contributed by atoms with Crippen molar-refractivity contribution in [1.82, 2.24) is 4.98 Å². The molecule has 35 heavy (non-hydrogen) atoms. The Balaban J connectivity index is 1.70. The molecule has 5 aromatic rings. The Morgan fingerprint density at radius 3 is 2.66 bits per heavy atom. The van der Waals surface area contributed by atoms with Crippen molar-refractivity contribution < 1.29 is 14.3 Å². The number of aliphatic hydroxyl groups is 1. The second kappa shape index (κ2) is 9.52. The van der Waals surface area contributed by atoms with Crippen LogP contribution >= 0.6 is 0 Å². The van der Waals surface area contributed by atoms with Crippen LogP contribution in [0, 0.1) is 6.92 Å². The maximum absolute atomic E-state index is 13.6. The van der Waals surface area contributed by atoms with E-state index < -0.39 is 0 Å². The first kappa shape index (κ1) is 22.5. The first-order chi connectivity index (χ1) is 17.1. The summed E-state index contributed by atoms with van der Waals surface area (Å²) in [7, 11) is 0. The summed E-state index contributed by atoms with van der Waals surface area (Å²) in [5, 5.41) is 15.5. The van der Waals surface area contributed by atoms with E-state index >= 15 is 0 Å². The molecule has 0 atom stereocenters. The molecule has 0 spiro atoms. The molecule has 0 aliphatic rings. The molecule has 174 valence electrons. The van der Waals surface area contributed by atoms with Gasteiger partial charge in [-0.25, -0.2) is 4.99 Å². The van der Waals surface area contributed by atoms with Gasteiger partial charge in [0.05, 0.1) is 18.0 Å². The van der Waals surface area contributed by atoms with Crippen molar-refractivity contribution in [2.45, 2.75) is 26.9 Å². The van der Waals surface area contributed by atoms with Crippen LogP contribution in [-0.4, -0.2) is 16.0 Å². The Morgan fingerprint density at radius 2 is 1.83 bits per heavy atom. The third kappa shape index (κ3) is 4.44. The Bertz CT molecular complexity index is 1630. The Morgan fingerprint density at radius 1 is 1.03 bits per heavy atom. The summed E-state index contributed by atoms with van der Waals surface area (Å²) in [5.74, 6) is -0.351. The summed E-state index contributed by atoms with van der Waals surface area (Å²) in [4.78, 5) is 22.6. The maximum atomic E-state index is 13.6. The molecule has 0 aliphatic carbocycles. The first-order valence-corrected chi connectivity index (χ1v) is 11.5. The van der Waals surface area contributed by atoms with Crippen LogP contribution < -0.4 is 10.9 Å². The van der Waals surface area contributed by atoms with Gasteiger partial charge in [-0.05, 0) is 48.6 Å². The van der Waals surface area contributed by atoms with Crippen LogP contribution in [0.5, 0.6) is 0 Å². The number of hydrogen-bond acceptors (Lipinski definition) is 5. The van der Waals surface area contributed by atoms with Crippen LogP contribution in [0.4, 0.5) is 11.4 Å². The number of pyridine rings is 1. The molecule has 5 rings (SSSR count). The standard InChI is InChI=1S/C29H25N3O3/c1-3-19-8-6-11-22(14-19)31-29-25(15-24-21(17-33)16-30-18(2)27(24)35-29)28(34)32-26-13-7-10-20-9-4-5-12-23(20)26/h4-16,33H,3,17H2,1-2H3,(H,32,34). The number of anilines is 1. The van der Waals surface area contributed by atoms with Crippen molar-refractivity contribution in [3.05, 3.63) is 107 Å². The second-order valence-corrected chi connectivity index (χ2v) is 8.35. The minimum absolute atomic E-state index is 0.184. The van der Waals surface area contributed by atoms with Gasteiger partial charge in [-0.2, -0.15) is 0 Å². The fraction of sp³-hybridized carbons (Fsp3) is 0.138. The quantitative estimate of drug-likeness (QED) is 0.343. The number of aromatic nitrogens is 1. The number of fused-ring (bicyclic) bond motifs is 2. The number of aryl methyl sites for hydroxylation is 2. The van der Waals surface area contributed by atoms with Crippen molar-refractivity contribution in [2.75, 3.05) is 5.32 Å². The predicted molar refractivity (Wildman–Crippen MR) is 138 cm³/mol. The van der Waals surface area contributed by atoms with E-state index in [1.807, 2.05) is 73.7 Å². The highest BCUT2D eigenvalue weighted by Gasteiger charge is 2.17. The lowest BCUT2D eigenvalue weighted by atomic mass is 10.1. The third-order valence-electron chi connectivity index (χ3n) is 6.05. The van der Waals surface area contributed by atoms with Gasteiger partial charge in [-0.3, -0.25) is 9.78 Å². The molecule has 6 nitrogen and oxygen atoms in total. The average molecular weight is 464 g/mol. The number of carbonyl (C=O) groups is 1. The van der Waals surface area contributed by atoms with Crippen LogP contribution in [0.15, 0.2) is 88.4 Å². The fourth-order valence-electron chi connectivity index (χ4n) is 4.15. The normalized spacial score (nSPS) is 11.8. The Labute approximate surface area is 202 Å². The zero-order valence-corrected chi connectivity index (χ0v) is 19.6. The van der Waals surface area contributed by atoms with Crippen LogP contribution in [-0.2, 0) is 13.0 Å². The monoisotopic (exact) mass is 463 g/mol. The molecule has 0 unspecified atom stereocenters. The number of benzene rings is 3. The number of carbonyl (C=O) groups excluding carboxylic acids is 1. The predicted octanol–water partition coefficient (Wildman–Crippen LogP) is 5.83. The number of amides is 1. The molecule has 0 radical (unpaired) electrons. The fourth-order valence-corrected chi connectivity index (χ4v) is 4.15. The van der Waals surface area contributed by atoms with E-state index in [0.717, 1.165) is 22.8 Å². The number of nitrogens with one attached hydrogen (secondary N) is 1. The van der Waals surface area contributed by atoms with E-state index in [1.165, 1.54) is 0 Å². The van der Waals surface area contributed by atoms with Crippen LogP contribution in [0.25, 0.3) is 21.7 Å². The van der Waals surface area contributed by atoms with E-state index in [-0.39, 0.29) is 23.6 Å². The number of aliphatic hydroxyl groups excluding tert-OH is 1. The largest absolute Gasteiger partial charge is 0.436 e. The van der Waals surface area contributed by atoms with Gasteiger partial charge in [0.15, 0.2) is 5.58 Å². The molecule has 2 N–H and O–H groups in total. The van der Waals surface area contributed by atoms with Crippen LogP contribution in [0.3, 0.4) is 0 Å². The molecule has 2 aromatic heterocycles. The first-order valence-electron chi connectivity index (χ1n) is 11.5. The highest BCUT2D eigenvalue weighted by atomic mass is 16.3. The summed E-state index contributed by atoms with van der Waals surface area (Å²) >= 11 is 0. The van der Waals surface area contributed by atoms with Gasteiger partial charge in [0.25, 0.3) is 5.91 Å². The molecular formula is C29H25N3O3. The van der Waals surface area contributed by atoms with Gasteiger partial charge in [0.1, 0.15) is 5.56 Å². The molecule has 2 heterocycles. The van der Waals surface area contributed by atoms with Gasteiger partial charge in [0.2, 0.25) is 5.55 Å². The summed E-state index contributed by atoms with van der Waals surface area (Å²) in [6.07, 6.45) is 2.47. The molecule has 0 saturated heterocycles. The Hall–Kier alpha value is -4.29.